The molecule has 0 atom stereocenters. The molecule has 2 amide bonds. The minimum atomic E-state index is -0.355. The largest absolute Gasteiger partial charge is 0.493 e. The van der Waals surface area contributed by atoms with Crippen molar-refractivity contribution in [1.29, 1.82) is 0 Å². The van der Waals surface area contributed by atoms with Crippen LogP contribution in [0.15, 0.2) is 47.0 Å². The van der Waals surface area contributed by atoms with Crippen molar-refractivity contribution in [3.8, 4) is 22.9 Å². The van der Waals surface area contributed by atoms with Crippen molar-refractivity contribution in [3.63, 3.8) is 0 Å². The van der Waals surface area contributed by atoms with Crippen LogP contribution >= 0.6 is 0 Å². The summed E-state index contributed by atoms with van der Waals surface area (Å²) in [5.41, 5.74) is 2.49. The lowest BCUT2D eigenvalue weighted by Gasteiger charge is -2.07. The second kappa shape index (κ2) is 8.22. The van der Waals surface area contributed by atoms with Crippen LogP contribution in [0.1, 0.15) is 11.5 Å². The Kier molecular flexibility index (Phi) is 5.55. The maximum absolute atomic E-state index is 12.0. The molecule has 3 aromatic rings. The highest BCUT2D eigenvalue weighted by Crippen LogP contribution is 2.31. The number of nitrogens with zero attached hydrogens (tertiary/aromatic N) is 2. The fourth-order valence-corrected chi connectivity index (χ4v) is 2.47. The quantitative estimate of drug-likeness (QED) is 0.692. The molecule has 0 bridgehead atoms. The van der Waals surface area contributed by atoms with Gasteiger partial charge in [0.2, 0.25) is 11.7 Å². The predicted octanol–water partition coefficient (Wildman–Crippen LogP) is 3.38. The number of benzene rings is 2. The predicted molar refractivity (Wildman–Crippen MR) is 99.9 cm³/mol. The summed E-state index contributed by atoms with van der Waals surface area (Å²) < 4.78 is 15.7. The van der Waals surface area contributed by atoms with Gasteiger partial charge in [0.25, 0.3) is 0 Å². The molecule has 2 N–H and O–H groups in total. The lowest BCUT2D eigenvalue weighted by atomic mass is 10.2. The highest BCUT2D eigenvalue weighted by Gasteiger charge is 2.13. The van der Waals surface area contributed by atoms with Crippen LogP contribution in [0.25, 0.3) is 11.4 Å². The second-order valence-electron chi connectivity index (χ2n) is 5.76. The minimum Gasteiger partial charge on any atom is -0.493 e. The summed E-state index contributed by atoms with van der Waals surface area (Å²) in [6.07, 6.45) is 0. The van der Waals surface area contributed by atoms with Crippen LogP contribution in [-0.2, 0) is 6.54 Å². The van der Waals surface area contributed by atoms with Crippen LogP contribution in [0.5, 0.6) is 11.5 Å². The summed E-state index contributed by atoms with van der Waals surface area (Å²) in [6, 6.07) is 12.5. The maximum atomic E-state index is 12.0. The topological polar surface area (TPSA) is 98.5 Å². The van der Waals surface area contributed by atoms with E-state index >= 15 is 0 Å². The minimum absolute atomic E-state index is 0.109. The Morgan fingerprint density at radius 1 is 1.11 bits per heavy atom. The molecule has 8 heteroatoms. The highest BCUT2D eigenvalue weighted by atomic mass is 16.5. The molecule has 27 heavy (non-hydrogen) atoms. The Morgan fingerprint density at radius 2 is 1.93 bits per heavy atom. The van der Waals surface area contributed by atoms with Crippen LogP contribution in [0.3, 0.4) is 0 Å². The van der Waals surface area contributed by atoms with E-state index in [1.165, 1.54) is 0 Å². The van der Waals surface area contributed by atoms with E-state index < -0.39 is 0 Å². The number of urea groups is 1. The van der Waals surface area contributed by atoms with E-state index in [0.717, 1.165) is 5.56 Å². The molecule has 0 aliphatic carbocycles. The van der Waals surface area contributed by atoms with E-state index in [2.05, 4.69) is 20.8 Å². The van der Waals surface area contributed by atoms with Gasteiger partial charge in [-0.05, 0) is 42.8 Å². The molecule has 140 valence electrons. The number of carbonyl (C=O) groups excluding carboxylic acids is 1. The standard InChI is InChI=1S/C19H20N4O4/c1-12-5-4-6-14(9-12)21-19(24)20-11-17-22-18(23-27-17)13-7-8-15(25-2)16(10-13)26-3/h4-10H,11H2,1-3H3,(H2,20,21,24). The number of hydrogen-bond acceptors (Lipinski definition) is 6. The maximum Gasteiger partial charge on any atom is 0.319 e. The van der Waals surface area contributed by atoms with Gasteiger partial charge in [-0.15, -0.1) is 0 Å². The van der Waals surface area contributed by atoms with E-state index in [-0.39, 0.29) is 12.6 Å². The number of anilines is 1. The molecule has 0 aliphatic heterocycles. The molecule has 0 unspecified atom stereocenters. The van der Waals surface area contributed by atoms with Crippen molar-refractivity contribution in [2.24, 2.45) is 0 Å². The molecular formula is C19H20N4O4. The highest BCUT2D eigenvalue weighted by molar-refractivity contribution is 5.89. The average Bonchev–Trinajstić information content (AvgIpc) is 3.15. The molecular weight excluding hydrogens is 348 g/mol. The number of hydrogen-bond donors (Lipinski definition) is 2. The SMILES string of the molecule is COc1ccc(-c2noc(CNC(=O)Nc3cccc(C)c3)n2)cc1OC. The summed E-state index contributed by atoms with van der Waals surface area (Å²) in [7, 11) is 3.12. The van der Waals surface area contributed by atoms with Crippen LogP contribution < -0.4 is 20.1 Å². The number of aryl methyl sites for hydroxylation is 1. The van der Waals surface area contributed by atoms with Crippen molar-refractivity contribution in [1.82, 2.24) is 15.5 Å². The van der Waals surface area contributed by atoms with E-state index in [9.17, 15) is 4.79 Å². The Balaban J connectivity index is 1.62. The third-order valence-electron chi connectivity index (χ3n) is 3.79. The van der Waals surface area contributed by atoms with Crippen LogP contribution in [0, 0.1) is 6.92 Å². The van der Waals surface area contributed by atoms with Crippen molar-refractivity contribution >= 4 is 11.7 Å². The smallest absolute Gasteiger partial charge is 0.319 e. The zero-order chi connectivity index (χ0) is 19.2. The van der Waals surface area contributed by atoms with Crippen molar-refractivity contribution in [2.75, 3.05) is 19.5 Å². The first-order chi connectivity index (χ1) is 13.1. The number of methoxy groups -OCH3 is 2. The van der Waals surface area contributed by atoms with E-state index in [1.54, 1.807) is 32.4 Å². The Hall–Kier alpha value is -3.55. The van der Waals surface area contributed by atoms with Gasteiger partial charge < -0.3 is 24.6 Å². The molecule has 0 fully saturated rings. The first-order valence-corrected chi connectivity index (χ1v) is 8.25. The van der Waals surface area contributed by atoms with Crippen molar-refractivity contribution in [3.05, 3.63) is 53.9 Å². The fourth-order valence-electron chi connectivity index (χ4n) is 2.47. The zero-order valence-corrected chi connectivity index (χ0v) is 15.3. The summed E-state index contributed by atoms with van der Waals surface area (Å²) in [4.78, 5) is 16.3. The van der Waals surface area contributed by atoms with Gasteiger partial charge in [0, 0.05) is 11.3 Å². The number of ether oxygens (including phenoxy) is 2. The van der Waals surface area contributed by atoms with Gasteiger partial charge in [0.15, 0.2) is 11.5 Å². The molecule has 0 saturated heterocycles. The number of aromatic nitrogens is 2. The van der Waals surface area contributed by atoms with E-state index in [4.69, 9.17) is 14.0 Å². The summed E-state index contributed by atoms with van der Waals surface area (Å²) in [6.45, 7) is 2.06. The summed E-state index contributed by atoms with van der Waals surface area (Å²) in [5.74, 6) is 1.86. The first kappa shape index (κ1) is 18.2. The molecule has 0 saturated carbocycles. The van der Waals surface area contributed by atoms with Crippen LogP contribution in [0.2, 0.25) is 0 Å². The number of rotatable bonds is 6. The zero-order valence-electron chi connectivity index (χ0n) is 15.3. The molecule has 0 radical (unpaired) electrons. The molecule has 8 nitrogen and oxygen atoms in total. The van der Waals surface area contributed by atoms with Gasteiger partial charge >= 0.3 is 6.03 Å². The van der Waals surface area contributed by atoms with Crippen LogP contribution in [0.4, 0.5) is 10.5 Å². The summed E-state index contributed by atoms with van der Waals surface area (Å²) >= 11 is 0. The van der Waals surface area contributed by atoms with Gasteiger partial charge in [-0.2, -0.15) is 4.98 Å². The third kappa shape index (κ3) is 4.55. The van der Waals surface area contributed by atoms with Gasteiger partial charge in [-0.25, -0.2) is 4.79 Å². The molecule has 2 aromatic carbocycles. The second-order valence-corrected chi connectivity index (χ2v) is 5.76. The Bertz CT molecular complexity index is 939. The van der Waals surface area contributed by atoms with Crippen molar-refractivity contribution < 1.29 is 18.8 Å². The summed E-state index contributed by atoms with van der Waals surface area (Å²) in [5, 5.41) is 9.37. The lowest BCUT2D eigenvalue weighted by Crippen LogP contribution is -2.28. The normalized spacial score (nSPS) is 10.3. The molecule has 1 heterocycles. The van der Waals surface area contributed by atoms with Gasteiger partial charge in [-0.1, -0.05) is 17.3 Å². The molecule has 0 spiro atoms. The lowest BCUT2D eigenvalue weighted by molar-refractivity contribution is 0.249. The number of amides is 2. The Labute approximate surface area is 156 Å². The van der Waals surface area contributed by atoms with E-state index in [1.807, 2.05) is 31.2 Å². The number of carbonyl (C=O) groups is 1. The third-order valence-corrected chi connectivity index (χ3v) is 3.79. The Morgan fingerprint density at radius 3 is 2.67 bits per heavy atom. The van der Waals surface area contributed by atoms with Crippen molar-refractivity contribution in [2.45, 2.75) is 13.5 Å². The monoisotopic (exact) mass is 368 g/mol. The van der Waals surface area contributed by atoms with Gasteiger partial charge in [0.05, 0.1) is 20.8 Å². The molecule has 3 rings (SSSR count). The van der Waals surface area contributed by atoms with Crippen LogP contribution in [-0.4, -0.2) is 30.4 Å². The molecule has 0 aliphatic rings. The van der Waals surface area contributed by atoms with Gasteiger partial charge in [0.1, 0.15) is 0 Å². The fraction of sp³-hybridized carbons (Fsp3) is 0.211. The molecule has 1 aromatic heterocycles. The van der Waals surface area contributed by atoms with E-state index in [0.29, 0.717) is 34.5 Å². The number of nitrogens with one attached hydrogen (secondary N) is 2. The first-order valence-electron chi connectivity index (χ1n) is 8.25. The average molecular weight is 368 g/mol. The van der Waals surface area contributed by atoms with Gasteiger partial charge in [-0.3, -0.25) is 0 Å².